The van der Waals surface area contributed by atoms with Crippen LogP contribution in [0.4, 0.5) is 5.69 Å². The van der Waals surface area contributed by atoms with Gasteiger partial charge in [-0.05, 0) is 31.2 Å². The summed E-state index contributed by atoms with van der Waals surface area (Å²) in [7, 11) is 0. The van der Waals surface area contributed by atoms with E-state index in [1.54, 1.807) is 24.3 Å². The van der Waals surface area contributed by atoms with Crippen LogP contribution in [-0.4, -0.2) is 24.4 Å². The van der Waals surface area contributed by atoms with Gasteiger partial charge in [-0.25, -0.2) is 0 Å². The lowest BCUT2D eigenvalue weighted by atomic mass is 10.1. The minimum atomic E-state index is -0.167. The molecule has 0 aromatic heterocycles. The van der Waals surface area contributed by atoms with Crippen LogP contribution >= 0.6 is 0 Å². The third-order valence-electron chi connectivity index (χ3n) is 2.67. The Morgan fingerprint density at radius 3 is 2.21 bits per heavy atom. The van der Waals surface area contributed by atoms with Crippen LogP contribution in [0, 0.1) is 5.92 Å². The molecule has 5 heteroatoms. The van der Waals surface area contributed by atoms with Crippen molar-refractivity contribution in [1.82, 2.24) is 5.32 Å². The van der Waals surface area contributed by atoms with Crippen molar-refractivity contribution in [3.63, 3.8) is 0 Å². The van der Waals surface area contributed by atoms with Gasteiger partial charge in [-0.2, -0.15) is 0 Å². The van der Waals surface area contributed by atoms with E-state index >= 15 is 0 Å². The SMILES string of the molecule is CC(C)C(=O)Nc1ccc(C(=O)N[C@@H](C)CN)cc1. The van der Waals surface area contributed by atoms with Crippen molar-refractivity contribution in [2.75, 3.05) is 11.9 Å². The number of rotatable bonds is 5. The maximum absolute atomic E-state index is 11.8. The number of carbonyl (C=O) groups excluding carboxylic acids is 2. The summed E-state index contributed by atoms with van der Waals surface area (Å²) in [5.74, 6) is -0.290. The molecule has 0 fully saturated rings. The van der Waals surface area contributed by atoms with Gasteiger partial charge in [0, 0.05) is 29.8 Å². The van der Waals surface area contributed by atoms with Gasteiger partial charge in [0.2, 0.25) is 5.91 Å². The molecule has 0 aliphatic heterocycles. The van der Waals surface area contributed by atoms with Crippen molar-refractivity contribution in [1.29, 1.82) is 0 Å². The number of hydrogen-bond donors (Lipinski definition) is 3. The topological polar surface area (TPSA) is 84.2 Å². The summed E-state index contributed by atoms with van der Waals surface area (Å²) in [4.78, 5) is 23.3. The summed E-state index contributed by atoms with van der Waals surface area (Å²) in [5, 5.41) is 5.54. The summed E-state index contributed by atoms with van der Waals surface area (Å²) in [6.07, 6.45) is 0. The summed E-state index contributed by atoms with van der Waals surface area (Å²) in [6.45, 7) is 5.89. The molecular formula is C14H21N3O2. The molecule has 1 aromatic carbocycles. The molecule has 2 amide bonds. The molecule has 0 aliphatic rings. The fraction of sp³-hybridized carbons (Fsp3) is 0.429. The van der Waals surface area contributed by atoms with Crippen molar-refractivity contribution in [2.24, 2.45) is 11.7 Å². The molecule has 104 valence electrons. The first-order valence-electron chi connectivity index (χ1n) is 6.36. The number of hydrogen-bond acceptors (Lipinski definition) is 3. The molecule has 0 saturated heterocycles. The Kier molecular flexibility index (Phi) is 5.51. The van der Waals surface area contributed by atoms with Gasteiger partial charge in [-0.15, -0.1) is 0 Å². The minimum absolute atomic E-state index is 0.0473. The highest BCUT2D eigenvalue weighted by Gasteiger charge is 2.10. The van der Waals surface area contributed by atoms with Gasteiger partial charge in [-0.1, -0.05) is 13.8 Å². The van der Waals surface area contributed by atoms with Crippen molar-refractivity contribution in [2.45, 2.75) is 26.8 Å². The van der Waals surface area contributed by atoms with Crippen molar-refractivity contribution in [3.8, 4) is 0 Å². The van der Waals surface area contributed by atoms with Crippen molar-refractivity contribution >= 4 is 17.5 Å². The maximum Gasteiger partial charge on any atom is 0.251 e. The first kappa shape index (κ1) is 15.2. The number of amides is 2. The second kappa shape index (κ2) is 6.89. The van der Waals surface area contributed by atoms with Gasteiger partial charge in [-0.3, -0.25) is 9.59 Å². The summed E-state index contributed by atoms with van der Waals surface area (Å²) < 4.78 is 0. The molecule has 0 unspecified atom stereocenters. The van der Waals surface area contributed by atoms with E-state index in [-0.39, 0.29) is 23.8 Å². The lowest BCUT2D eigenvalue weighted by Crippen LogP contribution is -2.37. The van der Waals surface area contributed by atoms with E-state index in [0.717, 1.165) is 0 Å². The average molecular weight is 263 g/mol. The second-order valence-electron chi connectivity index (χ2n) is 4.83. The Labute approximate surface area is 113 Å². The Balaban J connectivity index is 2.66. The van der Waals surface area contributed by atoms with E-state index in [1.807, 2.05) is 20.8 Å². The average Bonchev–Trinajstić information content (AvgIpc) is 2.39. The molecule has 1 rings (SSSR count). The third-order valence-corrected chi connectivity index (χ3v) is 2.67. The van der Waals surface area contributed by atoms with E-state index in [4.69, 9.17) is 5.73 Å². The molecule has 0 saturated carbocycles. The highest BCUT2D eigenvalue weighted by molar-refractivity contribution is 5.96. The van der Waals surface area contributed by atoms with Crippen LogP contribution in [0.1, 0.15) is 31.1 Å². The molecule has 19 heavy (non-hydrogen) atoms. The zero-order valence-electron chi connectivity index (χ0n) is 11.6. The first-order valence-corrected chi connectivity index (χ1v) is 6.36. The van der Waals surface area contributed by atoms with Crippen LogP contribution in [0.5, 0.6) is 0 Å². The van der Waals surface area contributed by atoms with Crippen LogP contribution < -0.4 is 16.4 Å². The smallest absolute Gasteiger partial charge is 0.251 e. The largest absolute Gasteiger partial charge is 0.348 e. The van der Waals surface area contributed by atoms with Gasteiger partial charge in [0.15, 0.2) is 0 Å². The van der Waals surface area contributed by atoms with Crippen molar-refractivity contribution < 1.29 is 9.59 Å². The molecule has 0 radical (unpaired) electrons. The third kappa shape index (κ3) is 4.71. The Morgan fingerprint density at radius 2 is 1.74 bits per heavy atom. The Morgan fingerprint density at radius 1 is 1.16 bits per heavy atom. The Bertz CT molecular complexity index is 441. The molecule has 1 atom stereocenters. The number of benzene rings is 1. The van der Waals surface area contributed by atoms with Crippen LogP contribution in [0.3, 0.4) is 0 Å². The predicted octanol–water partition coefficient (Wildman–Crippen LogP) is 1.36. The highest BCUT2D eigenvalue weighted by Crippen LogP contribution is 2.11. The molecule has 0 aliphatic carbocycles. The second-order valence-corrected chi connectivity index (χ2v) is 4.83. The monoisotopic (exact) mass is 263 g/mol. The molecule has 0 heterocycles. The van der Waals surface area contributed by atoms with E-state index in [2.05, 4.69) is 10.6 Å². The van der Waals surface area contributed by atoms with E-state index in [1.165, 1.54) is 0 Å². The van der Waals surface area contributed by atoms with Crippen molar-refractivity contribution in [3.05, 3.63) is 29.8 Å². The number of carbonyl (C=O) groups is 2. The first-order chi connectivity index (χ1) is 8.93. The highest BCUT2D eigenvalue weighted by atomic mass is 16.2. The van der Waals surface area contributed by atoms with Gasteiger partial charge in [0.25, 0.3) is 5.91 Å². The van der Waals surface area contributed by atoms with Gasteiger partial charge >= 0.3 is 0 Å². The number of anilines is 1. The molecule has 0 bridgehead atoms. The van der Waals surface area contributed by atoms with Gasteiger partial charge < -0.3 is 16.4 Å². The van der Waals surface area contributed by atoms with Crippen LogP contribution in [0.2, 0.25) is 0 Å². The molecule has 1 aromatic rings. The Hall–Kier alpha value is -1.88. The fourth-order valence-corrected chi connectivity index (χ4v) is 1.36. The van der Waals surface area contributed by atoms with Crippen LogP contribution in [0.15, 0.2) is 24.3 Å². The lowest BCUT2D eigenvalue weighted by molar-refractivity contribution is -0.118. The molecule has 5 nitrogen and oxygen atoms in total. The zero-order valence-corrected chi connectivity index (χ0v) is 11.6. The summed E-state index contributed by atoms with van der Waals surface area (Å²) >= 11 is 0. The zero-order chi connectivity index (χ0) is 14.4. The maximum atomic E-state index is 11.8. The van der Waals surface area contributed by atoms with Crippen LogP contribution in [0.25, 0.3) is 0 Å². The van der Waals surface area contributed by atoms with Crippen LogP contribution in [-0.2, 0) is 4.79 Å². The van der Waals surface area contributed by atoms with E-state index in [9.17, 15) is 9.59 Å². The standard InChI is InChI=1S/C14H21N3O2/c1-9(2)13(18)17-12-6-4-11(5-7-12)14(19)16-10(3)8-15/h4-7,9-10H,8,15H2,1-3H3,(H,16,19)(H,17,18)/t10-/m0/s1. The van der Waals surface area contributed by atoms with Gasteiger partial charge in [0.1, 0.15) is 0 Å². The predicted molar refractivity (Wildman–Crippen MR) is 75.9 cm³/mol. The molecular weight excluding hydrogens is 242 g/mol. The fourth-order valence-electron chi connectivity index (χ4n) is 1.36. The summed E-state index contributed by atoms with van der Waals surface area (Å²) in [6, 6.07) is 6.71. The molecule has 4 N–H and O–H groups in total. The minimum Gasteiger partial charge on any atom is -0.348 e. The van der Waals surface area contributed by atoms with Gasteiger partial charge in [0.05, 0.1) is 0 Å². The summed E-state index contributed by atoms with van der Waals surface area (Å²) in [5.41, 5.74) is 6.67. The normalized spacial score (nSPS) is 12.1. The lowest BCUT2D eigenvalue weighted by Gasteiger charge is -2.12. The van der Waals surface area contributed by atoms with E-state index < -0.39 is 0 Å². The van der Waals surface area contributed by atoms with E-state index in [0.29, 0.717) is 17.8 Å². The quantitative estimate of drug-likeness (QED) is 0.750. The number of nitrogens with two attached hydrogens (primary N) is 1. The molecule has 0 spiro atoms. The number of nitrogens with one attached hydrogen (secondary N) is 2.